The number of carboxylic acids is 1. The summed E-state index contributed by atoms with van der Waals surface area (Å²) in [6.07, 6.45) is 8.93. The van der Waals surface area contributed by atoms with Gasteiger partial charge in [0.05, 0.1) is 11.8 Å². The van der Waals surface area contributed by atoms with Gasteiger partial charge in [0.15, 0.2) is 12.7 Å². The Morgan fingerprint density at radius 2 is 1.91 bits per heavy atom. The second kappa shape index (κ2) is 9.51. The van der Waals surface area contributed by atoms with Crippen molar-refractivity contribution < 1.29 is 29.7 Å². The van der Waals surface area contributed by atoms with E-state index in [0.717, 1.165) is 44.2 Å². The number of aliphatic carboxylic acids is 1. The van der Waals surface area contributed by atoms with Crippen LogP contribution in [0.3, 0.4) is 0 Å². The van der Waals surface area contributed by atoms with E-state index in [9.17, 15) is 19.8 Å². The maximum absolute atomic E-state index is 12.1. The minimum absolute atomic E-state index is 0.0151. The van der Waals surface area contributed by atoms with Crippen molar-refractivity contribution in [2.45, 2.75) is 91.3 Å². The zero-order chi connectivity index (χ0) is 25.6. The predicted octanol–water partition coefficient (Wildman–Crippen LogP) is 3.27. The molecular weight excluding hydrogens is 448 g/mol. The highest BCUT2D eigenvalue weighted by atomic mass is 16.6. The number of nitrogens with one attached hydrogen (secondary N) is 1. The topological polar surface area (TPSA) is 128 Å². The Morgan fingerprint density at radius 3 is 2.63 bits per heavy atom. The quantitative estimate of drug-likeness (QED) is 0.406. The van der Waals surface area contributed by atoms with Crippen molar-refractivity contribution in [1.82, 2.24) is 5.32 Å². The third-order valence-electron chi connectivity index (χ3n) is 10.0. The molecule has 196 valence electrons. The minimum atomic E-state index is -1.57. The summed E-state index contributed by atoms with van der Waals surface area (Å²) >= 11 is 0. The first-order chi connectivity index (χ1) is 16.4. The van der Waals surface area contributed by atoms with Crippen LogP contribution in [0.4, 0.5) is 0 Å². The number of aliphatic hydroxyl groups is 2. The van der Waals surface area contributed by atoms with Crippen LogP contribution in [0.1, 0.15) is 79.1 Å². The first-order valence-corrected chi connectivity index (χ1v) is 13.1. The van der Waals surface area contributed by atoms with Gasteiger partial charge in [0, 0.05) is 12.0 Å². The lowest BCUT2D eigenvalue weighted by atomic mass is 9.47. The molecular formula is C27H42N2O6. The zero-order valence-corrected chi connectivity index (χ0v) is 21.5. The molecule has 0 unspecified atom stereocenters. The van der Waals surface area contributed by atoms with E-state index in [1.165, 1.54) is 18.4 Å². The fourth-order valence-electron chi connectivity index (χ4n) is 7.60. The molecule has 8 heteroatoms. The number of oxime groups is 1. The van der Waals surface area contributed by atoms with Gasteiger partial charge < -0.3 is 25.5 Å². The predicted molar refractivity (Wildman–Crippen MR) is 132 cm³/mol. The molecule has 0 aromatic carbocycles. The van der Waals surface area contributed by atoms with E-state index in [4.69, 9.17) is 9.94 Å². The third kappa shape index (κ3) is 4.76. The van der Waals surface area contributed by atoms with Gasteiger partial charge in [-0.1, -0.05) is 38.4 Å². The van der Waals surface area contributed by atoms with Gasteiger partial charge in [0.25, 0.3) is 5.91 Å². The van der Waals surface area contributed by atoms with Crippen LogP contribution in [-0.4, -0.2) is 58.3 Å². The molecule has 0 spiro atoms. The molecule has 8 nitrogen and oxygen atoms in total. The van der Waals surface area contributed by atoms with Crippen molar-refractivity contribution in [2.24, 2.45) is 39.2 Å². The fraction of sp³-hybridized carbons (Fsp3) is 0.815. The second-order valence-corrected chi connectivity index (χ2v) is 12.5. The Kier molecular flexibility index (Phi) is 7.10. The average molecular weight is 491 g/mol. The number of hydrogen-bond acceptors (Lipinski definition) is 6. The Labute approximate surface area is 208 Å². The van der Waals surface area contributed by atoms with E-state index >= 15 is 0 Å². The third-order valence-corrected chi connectivity index (χ3v) is 10.0. The Bertz CT molecular complexity index is 913. The summed E-state index contributed by atoms with van der Waals surface area (Å²) in [5, 5.41) is 36.2. The lowest BCUT2D eigenvalue weighted by molar-refractivity contribution is -0.153. The maximum atomic E-state index is 12.1. The highest BCUT2D eigenvalue weighted by Gasteiger charge is 2.58. The number of hydrogen-bond donors (Lipinski definition) is 4. The van der Waals surface area contributed by atoms with E-state index in [1.807, 2.05) is 0 Å². The maximum Gasteiger partial charge on any atom is 0.333 e. The largest absolute Gasteiger partial charge is 0.479 e. The Morgan fingerprint density at radius 1 is 1.17 bits per heavy atom. The van der Waals surface area contributed by atoms with Crippen molar-refractivity contribution >= 4 is 17.6 Å². The van der Waals surface area contributed by atoms with Crippen LogP contribution < -0.4 is 5.32 Å². The Balaban J connectivity index is 1.33. The number of nitrogens with zero attached hydrogens (tertiary/aromatic N) is 1. The van der Waals surface area contributed by atoms with Gasteiger partial charge in [-0.25, -0.2) is 4.79 Å². The summed E-state index contributed by atoms with van der Waals surface area (Å²) in [4.78, 5) is 28.5. The number of aliphatic hydroxyl groups excluding tert-OH is 2. The highest BCUT2D eigenvalue weighted by Crippen LogP contribution is 2.65. The molecule has 4 aliphatic carbocycles. The lowest BCUT2D eigenvalue weighted by Crippen LogP contribution is -2.51. The molecule has 4 aliphatic rings. The van der Waals surface area contributed by atoms with Crippen LogP contribution in [-0.2, 0) is 14.4 Å². The van der Waals surface area contributed by atoms with Crippen molar-refractivity contribution in [1.29, 1.82) is 0 Å². The number of amides is 1. The van der Waals surface area contributed by atoms with Crippen LogP contribution in [0.5, 0.6) is 0 Å². The molecule has 0 saturated heterocycles. The van der Waals surface area contributed by atoms with Gasteiger partial charge in [-0.2, -0.15) is 0 Å². The van der Waals surface area contributed by atoms with Crippen LogP contribution in [0.15, 0.2) is 16.8 Å². The van der Waals surface area contributed by atoms with Crippen LogP contribution in [0, 0.1) is 34.0 Å². The average Bonchev–Trinajstić information content (AvgIpc) is 3.11. The zero-order valence-electron chi connectivity index (χ0n) is 21.5. The molecule has 1 amide bonds. The number of fused-ring (bicyclic) bond motifs is 5. The smallest absolute Gasteiger partial charge is 0.333 e. The van der Waals surface area contributed by atoms with Gasteiger partial charge in [-0.15, -0.1) is 0 Å². The van der Waals surface area contributed by atoms with Gasteiger partial charge in [-0.05, 0) is 86.0 Å². The second-order valence-electron chi connectivity index (χ2n) is 12.5. The van der Waals surface area contributed by atoms with Crippen LogP contribution in [0.25, 0.3) is 0 Å². The summed E-state index contributed by atoms with van der Waals surface area (Å²) < 4.78 is 0. The van der Waals surface area contributed by atoms with Gasteiger partial charge in [0.2, 0.25) is 0 Å². The van der Waals surface area contributed by atoms with E-state index in [1.54, 1.807) is 13.8 Å². The molecule has 0 heterocycles. The molecule has 0 aromatic rings. The van der Waals surface area contributed by atoms with Crippen molar-refractivity contribution in [3.63, 3.8) is 0 Å². The van der Waals surface area contributed by atoms with E-state index in [2.05, 4.69) is 30.4 Å². The standard InChI is InChI=1S/C27H42N2O6/c1-25(2,23(32)24(33)34)15-28-22(31)14-35-29-17-9-11-26(3)16(13-17)5-6-18-19-7-8-21(30)27(19,4)12-10-20(18)26/h13,18-21,23,30,32H,5-12,14-15H2,1-4H3,(H,28,31)(H,33,34)/b29-17-/t18-,19+,20-,21+,23-,26+,27+/m1/s1. The van der Waals surface area contributed by atoms with Crippen molar-refractivity contribution in [3.8, 4) is 0 Å². The molecule has 4 N–H and O–H groups in total. The molecule has 7 atom stereocenters. The lowest BCUT2D eigenvalue weighted by Gasteiger charge is -2.57. The molecule has 0 aromatic heterocycles. The number of carbonyl (C=O) groups excluding carboxylic acids is 1. The summed E-state index contributed by atoms with van der Waals surface area (Å²) in [7, 11) is 0. The van der Waals surface area contributed by atoms with Crippen LogP contribution in [0.2, 0.25) is 0 Å². The minimum Gasteiger partial charge on any atom is -0.479 e. The number of rotatable bonds is 7. The van der Waals surface area contributed by atoms with E-state index in [0.29, 0.717) is 17.8 Å². The summed E-state index contributed by atoms with van der Waals surface area (Å²) in [6.45, 7) is 7.65. The van der Waals surface area contributed by atoms with Crippen molar-refractivity contribution in [3.05, 3.63) is 11.6 Å². The summed E-state index contributed by atoms with van der Waals surface area (Å²) in [5.74, 6) is 0.256. The molecule has 0 aliphatic heterocycles. The number of carbonyl (C=O) groups is 2. The first-order valence-electron chi connectivity index (χ1n) is 13.1. The van der Waals surface area contributed by atoms with E-state index < -0.39 is 23.4 Å². The summed E-state index contributed by atoms with van der Waals surface area (Å²) in [5.41, 5.74) is 1.57. The SMILES string of the molecule is CC(C)(CNC(=O)CO/N=C1\C=C2CC[C@H]3[C@@H](CC[C@]4(C)[C@@H](O)CC[C@@H]34)[C@@]2(C)CC1)[C@H](O)C(=O)O. The number of allylic oxidation sites excluding steroid dienone is 2. The van der Waals surface area contributed by atoms with Gasteiger partial charge >= 0.3 is 5.97 Å². The molecule has 3 saturated carbocycles. The highest BCUT2D eigenvalue weighted by molar-refractivity contribution is 5.96. The Hall–Kier alpha value is -1.93. The first kappa shape index (κ1) is 26.1. The monoisotopic (exact) mass is 490 g/mol. The normalized spacial score (nSPS) is 38.6. The van der Waals surface area contributed by atoms with Crippen molar-refractivity contribution in [2.75, 3.05) is 13.2 Å². The van der Waals surface area contributed by atoms with Gasteiger partial charge in [-0.3, -0.25) is 4.79 Å². The molecule has 0 radical (unpaired) electrons. The summed E-state index contributed by atoms with van der Waals surface area (Å²) in [6, 6.07) is 0. The van der Waals surface area contributed by atoms with Gasteiger partial charge in [0.1, 0.15) is 0 Å². The molecule has 3 fully saturated rings. The van der Waals surface area contributed by atoms with Crippen LogP contribution >= 0.6 is 0 Å². The molecule has 4 rings (SSSR count). The fourth-order valence-corrected chi connectivity index (χ4v) is 7.60. The molecule has 0 bridgehead atoms. The molecule has 35 heavy (non-hydrogen) atoms. The number of carboxylic acid groups (broad SMARTS) is 1. The van der Waals surface area contributed by atoms with E-state index in [-0.39, 0.29) is 30.1 Å².